The highest BCUT2D eigenvalue weighted by Crippen LogP contribution is 2.43. The van der Waals surface area contributed by atoms with Crippen LogP contribution < -0.4 is 14.8 Å². The Morgan fingerprint density at radius 3 is 2.32 bits per heavy atom. The summed E-state index contributed by atoms with van der Waals surface area (Å²) in [6.07, 6.45) is 1.37. The Morgan fingerprint density at radius 2 is 1.61 bits per heavy atom. The Balaban J connectivity index is 1.69. The summed E-state index contributed by atoms with van der Waals surface area (Å²) in [6, 6.07) is 15.5. The molecule has 4 rings (SSSR count). The molecule has 2 aromatic carbocycles. The number of rotatable bonds is 4. The lowest BCUT2D eigenvalue weighted by molar-refractivity contribution is -0.122. The zero-order valence-electron chi connectivity index (χ0n) is 16.0. The first-order chi connectivity index (χ1) is 13.6. The number of benzene rings is 2. The molecule has 1 amide bonds. The minimum absolute atomic E-state index is 0.000814. The Labute approximate surface area is 164 Å². The number of ketones is 1. The lowest BCUT2D eigenvalue weighted by Crippen LogP contribution is -2.38. The molecule has 1 aliphatic carbocycles. The second kappa shape index (κ2) is 7.50. The fraction of sp³-hybridized carbons (Fsp3) is 0.304. The van der Waals surface area contributed by atoms with Crippen LogP contribution in [0.15, 0.2) is 59.8 Å². The Morgan fingerprint density at radius 1 is 0.857 bits per heavy atom. The lowest BCUT2D eigenvalue weighted by atomic mass is 9.73. The van der Waals surface area contributed by atoms with E-state index in [2.05, 4.69) is 5.32 Å². The van der Waals surface area contributed by atoms with E-state index in [0.29, 0.717) is 30.8 Å². The van der Waals surface area contributed by atoms with Gasteiger partial charge in [-0.2, -0.15) is 0 Å². The summed E-state index contributed by atoms with van der Waals surface area (Å²) in [6.45, 7) is 0. The van der Waals surface area contributed by atoms with Gasteiger partial charge in [0.15, 0.2) is 17.3 Å². The van der Waals surface area contributed by atoms with E-state index < -0.39 is 0 Å². The highest BCUT2D eigenvalue weighted by molar-refractivity contribution is 6.02. The zero-order chi connectivity index (χ0) is 19.7. The van der Waals surface area contributed by atoms with Crippen LogP contribution in [0.2, 0.25) is 0 Å². The van der Waals surface area contributed by atoms with Crippen molar-refractivity contribution in [2.75, 3.05) is 14.2 Å². The zero-order valence-corrected chi connectivity index (χ0v) is 16.0. The Kier molecular flexibility index (Phi) is 4.90. The van der Waals surface area contributed by atoms with Crippen LogP contribution in [0, 0.1) is 0 Å². The highest BCUT2D eigenvalue weighted by atomic mass is 16.5. The highest BCUT2D eigenvalue weighted by Gasteiger charge is 2.38. The molecule has 0 unspecified atom stereocenters. The maximum atomic E-state index is 13.1. The Bertz CT molecular complexity index is 948. The first-order valence-corrected chi connectivity index (χ1v) is 9.43. The quantitative estimate of drug-likeness (QED) is 0.882. The van der Waals surface area contributed by atoms with E-state index in [-0.39, 0.29) is 23.5 Å². The van der Waals surface area contributed by atoms with Gasteiger partial charge < -0.3 is 14.8 Å². The molecule has 0 saturated heterocycles. The summed E-state index contributed by atoms with van der Waals surface area (Å²) >= 11 is 0. The molecular weight excluding hydrogens is 354 g/mol. The third-order valence-electron chi connectivity index (χ3n) is 5.62. The van der Waals surface area contributed by atoms with Crippen LogP contribution in [-0.4, -0.2) is 25.9 Å². The molecule has 2 aliphatic rings. The Hall–Kier alpha value is -3.08. The molecule has 5 nitrogen and oxygen atoms in total. The predicted octanol–water partition coefficient (Wildman–Crippen LogP) is 3.71. The minimum atomic E-state index is -0.163. The van der Waals surface area contributed by atoms with E-state index in [4.69, 9.17) is 9.47 Å². The third-order valence-corrected chi connectivity index (χ3v) is 5.62. The van der Waals surface area contributed by atoms with Crippen molar-refractivity contribution in [3.05, 3.63) is 70.9 Å². The number of allylic oxidation sites excluding steroid dienone is 2. The van der Waals surface area contributed by atoms with E-state index in [1.807, 2.05) is 48.5 Å². The summed E-state index contributed by atoms with van der Waals surface area (Å²) < 4.78 is 10.7. The van der Waals surface area contributed by atoms with Gasteiger partial charge in [-0.25, -0.2) is 0 Å². The normalized spacial score (nSPS) is 21.8. The number of nitrogens with one attached hydrogen (secondary N) is 1. The number of Topliss-reactive ketones (excluding diaryl/α,β-unsaturated/α-hetero) is 1. The molecular formula is C23H23NO4. The average molecular weight is 377 g/mol. The molecule has 0 radical (unpaired) electrons. The maximum absolute atomic E-state index is 13.1. The van der Waals surface area contributed by atoms with Crippen molar-refractivity contribution in [1.82, 2.24) is 5.32 Å². The molecule has 5 heteroatoms. The molecule has 2 atom stereocenters. The number of carbonyl (C=O) groups is 2. The van der Waals surface area contributed by atoms with Gasteiger partial charge in [0.1, 0.15) is 0 Å². The number of hydrogen-bond donors (Lipinski definition) is 1. The fourth-order valence-corrected chi connectivity index (χ4v) is 4.27. The SMILES string of the molecule is COc1ccc([C@@H]2CC(=O)C3=C(C2)NC(=O)C[C@@H]3c2ccccc2)cc1OC. The third kappa shape index (κ3) is 3.28. The van der Waals surface area contributed by atoms with Gasteiger partial charge in [0.2, 0.25) is 5.91 Å². The van der Waals surface area contributed by atoms with Gasteiger partial charge in [-0.3, -0.25) is 9.59 Å². The van der Waals surface area contributed by atoms with E-state index in [9.17, 15) is 9.59 Å². The van der Waals surface area contributed by atoms with Crippen molar-refractivity contribution >= 4 is 11.7 Å². The molecule has 1 N–H and O–H groups in total. The second-order valence-electron chi connectivity index (χ2n) is 7.25. The first kappa shape index (κ1) is 18.3. The number of carbonyl (C=O) groups excluding carboxylic acids is 2. The van der Waals surface area contributed by atoms with Crippen LogP contribution in [0.4, 0.5) is 0 Å². The maximum Gasteiger partial charge on any atom is 0.225 e. The molecule has 2 aromatic rings. The summed E-state index contributed by atoms with van der Waals surface area (Å²) in [5.74, 6) is 1.21. The minimum Gasteiger partial charge on any atom is -0.493 e. The van der Waals surface area contributed by atoms with Crippen LogP contribution in [0.3, 0.4) is 0 Å². The summed E-state index contributed by atoms with van der Waals surface area (Å²) in [7, 11) is 3.19. The smallest absolute Gasteiger partial charge is 0.225 e. The topological polar surface area (TPSA) is 64.6 Å². The lowest BCUT2D eigenvalue weighted by Gasteiger charge is -2.34. The largest absolute Gasteiger partial charge is 0.493 e. The second-order valence-corrected chi connectivity index (χ2v) is 7.25. The molecule has 144 valence electrons. The molecule has 1 aliphatic heterocycles. The fourth-order valence-electron chi connectivity index (χ4n) is 4.27. The van der Waals surface area contributed by atoms with E-state index in [1.54, 1.807) is 14.2 Å². The van der Waals surface area contributed by atoms with E-state index in [0.717, 1.165) is 22.4 Å². The molecule has 28 heavy (non-hydrogen) atoms. The van der Waals surface area contributed by atoms with Gasteiger partial charge in [0.05, 0.1) is 14.2 Å². The van der Waals surface area contributed by atoms with Crippen molar-refractivity contribution in [3.63, 3.8) is 0 Å². The molecule has 1 heterocycles. The average Bonchev–Trinajstić information content (AvgIpc) is 2.72. The van der Waals surface area contributed by atoms with Gasteiger partial charge in [-0.15, -0.1) is 0 Å². The predicted molar refractivity (Wildman–Crippen MR) is 105 cm³/mol. The van der Waals surface area contributed by atoms with Crippen LogP contribution in [0.5, 0.6) is 11.5 Å². The van der Waals surface area contributed by atoms with Gasteiger partial charge in [-0.1, -0.05) is 36.4 Å². The number of methoxy groups -OCH3 is 2. The van der Waals surface area contributed by atoms with Gasteiger partial charge >= 0.3 is 0 Å². The summed E-state index contributed by atoms with van der Waals surface area (Å²) in [4.78, 5) is 25.5. The standard InChI is InChI=1S/C23H23NO4/c1-27-20-9-8-15(12-21(20)28-2)16-10-18-23(19(25)11-16)17(13-22(26)24-18)14-6-4-3-5-7-14/h3-9,12,16-17H,10-11,13H2,1-2H3,(H,24,26)/t16-,17+/m0/s1. The van der Waals surface area contributed by atoms with Crippen molar-refractivity contribution in [3.8, 4) is 11.5 Å². The van der Waals surface area contributed by atoms with Crippen LogP contribution in [-0.2, 0) is 9.59 Å². The van der Waals surface area contributed by atoms with Crippen LogP contribution >= 0.6 is 0 Å². The molecule has 0 fully saturated rings. The number of amides is 1. The molecule has 0 saturated carbocycles. The summed E-state index contributed by atoms with van der Waals surface area (Å²) in [5, 5.41) is 2.96. The van der Waals surface area contributed by atoms with Crippen LogP contribution in [0.1, 0.15) is 42.2 Å². The van der Waals surface area contributed by atoms with Crippen molar-refractivity contribution in [2.24, 2.45) is 0 Å². The number of ether oxygens (including phenoxy) is 2. The van der Waals surface area contributed by atoms with Gasteiger partial charge in [0, 0.05) is 30.0 Å². The summed E-state index contributed by atoms with van der Waals surface area (Å²) in [5.41, 5.74) is 3.56. The van der Waals surface area contributed by atoms with Crippen molar-refractivity contribution in [2.45, 2.75) is 31.1 Å². The number of hydrogen-bond acceptors (Lipinski definition) is 4. The molecule has 0 bridgehead atoms. The molecule has 0 aromatic heterocycles. The first-order valence-electron chi connectivity index (χ1n) is 9.43. The van der Waals surface area contributed by atoms with Crippen LogP contribution in [0.25, 0.3) is 0 Å². The van der Waals surface area contributed by atoms with E-state index in [1.165, 1.54) is 0 Å². The molecule has 0 spiro atoms. The monoisotopic (exact) mass is 377 g/mol. The van der Waals surface area contributed by atoms with Crippen molar-refractivity contribution < 1.29 is 19.1 Å². The van der Waals surface area contributed by atoms with Gasteiger partial charge in [-0.05, 0) is 35.6 Å². The van der Waals surface area contributed by atoms with Gasteiger partial charge in [0.25, 0.3) is 0 Å². The van der Waals surface area contributed by atoms with E-state index >= 15 is 0 Å². The van der Waals surface area contributed by atoms with Crippen molar-refractivity contribution in [1.29, 1.82) is 0 Å².